The van der Waals surface area contributed by atoms with Gasteiger partial charge in [0.25, 0.3) is 0 Å². The number of ether oxygens (including phenoxy) is 2. The Balaban J connectivity index is 1.53. The molecule has 0 fully saturated rings. The molecular weight excluding hydrogens is 417 g/mol. The molecule has 0 bridgehead atoms. The highest BCUT2D eigenvalue weighted by Crippen LogP contribution is 2.45. The van der Waals surface area contributed by atoms with Gasteiger partial charge >= 0.3 is 0 Å². The van der Waals surface area contributed by atoms with Crippen molar-refractivity contribution >= 4 is 5.84 Å². The maximum Gasteiger partial charge on any atom is 0.127 e. The van der Waals surface area contributed by atoms with Gasteiger partial charge in [-0.1, -0.05) is 18.2 Å². The molecule has 4 rings (SSSR count). The number of fused-ring (bicyclic) bond motifs is 1. The molecule has 1 aliphatic heterocycles. The molecule has 1 aliphatic rings. The summed E-state index contributed by atoms with van der Waals surface area (Å²) in [6, 6.07) is 21.7. The zero-order valence-electron chi connectivity index (χ0n) is 18.8. The Hall–Kier alpha value is -3.69. The van der Waals surface area contributed by atoms with Crippen LogP contribution in [0.15, 0.2) is 66.7 Å². The maximum absolute atomic E-state index is 13.6. The molecule has 1 heterocycles. The number of nitrogens with zero attached hydrogens (tertiary/aromatic N) is 2. The van der Waals surface area contributed by atoms with E-state index in [4.69, 9.17) is 14.9 Å². The van der Waals surface area contributed by atoms with E-state index in [2.05, 4.69) is 6.07 Å². The highest BCUT2D eigenvalue weighted by Gasteiger charge is 2.41. The van der Waals surface area contributed by atoms with Gasteiger partial charge in [-0.05, 0) is 78.1 Å². The van der Waals surface area contributed by atoms with Crippen LogP contribution in [0.4, 0.5) is 4.39 Å². The molecule has 0 aliphatic carbocycles. The van der Waals surface area contributed by atoms with Crippen molar-refractivity contribution in [2.45, 2.75) is 25.0 Å². The van der Waals surface area contributed by atoms with Crippen LogP contribution in [0.1, 0.15) is 40.7 Å². The van der Waals surface area contributed by atoms with E-state index in [1.807, 2.05) is 48.3 Å². The first-order valence-corrected chi connectivity index (χ1v) is 10.8. The minimum Gasteiger partial charge on any atom is -0.497 e. The van der Waals surface area contributed by atoms with Gasteiger partial charge in [-0.2, -0.15) is 5.26 Å². The Morgan fingerprint density at radius 1 is 1.15 bits per heavy atom. The molecule has 1 unspecified atom stereocenters. The Kier molecular flexibility index (Phi) is 6.43. The standard InChI is InChI=1S/C27H26FN3O2/c1-31(26(30)20-5-11-24(32-2)12-6-20)15-3-14-27(22-7-9-23(28)10-8-22)25-13-4-19(17-29)16-21(25)18-33-27/h4-13,16,30H,3,14-15,18H2,1-2H3. The second kappa shape index (κ2) is 9.43. The van der Waals surface area contributed by atoms with E-state index in [1.54, 1.807) is 25.3 Å². The van der Waals surface area contributed by atoms with Crippen LogP contribution in [0, 0.1) is 22.6 Å². The Bertz CT molecular complexity index is 1190. The van der Waals surface area contributed by atoms with Gasteiger partial charge in [-0.25, -0.2) is 4.39 Å². The van der Waals surface area contributed by atoms with Crippen LogP contribution < -0.4 is 4.74 Å². The molecule has 0 aromatic heterocycles. The van der Waals surface area contributed by atoms with Crippen LogP contribution in [0.5, 0.6) is 5.75 Å². The number of nitrogens with one attached hydrogen (secondary N) is 1. The molecule has 0 spiro atoms. The first-order chi connectivity index (χ1) is 16.0. The summed E-state index contributed by atoms with van der Waals surface area (Å²) in [7, 11) is 3.52. The lowest BCUT2D eigenvalue weighted by Crippen LogP contribution is -2.31. The summed E-state index contributed by atoms with van der Waals surface area (Å²) < 4.78 is 25.2. The predicted octanol–water partition coefficient (Wildman–Crippen LogP) is 5.22. The summed E-state index contributed by atoms with van der Waals surface area (Å²) in [5, 5.41) is 17.8. The van der Waals surface area contributed by atoms with Crippen LogP contribution in [0.3, 0.4) is 0 Å². The molecule has 0 amide bonds. The third-order valence-corrected chi connectivity index (χ3v) is 6.22. The average Bonchev–Trinajstić information content (AvgIpc) is 3.22. The van der Waals surface area contributed by atoms with Crippen molar-refractivity contribution in [2.75, 3.05) is 20.7 Å². The van der Waals surface area contributed by atoms with Crippen molar-refractivity contribution < 1.29 is 13.9 Å². The lowest BCUT2D eigenvalue weighted by atomic mass is 9.81. The number of benzene rings is 3. The molecule has 3 aromatic rings. The predicted molar refractivity (Wildman–Crippen MR) is 125 cm³/mol. The maximum atomic E-state index is 13.6. The normalized spacial score (nSPS) is 16.7. The third kappa shape index (κ3) is 4.46. The molecule has 0 saturated carbocycles. The lowest BCUT2D eigenvalue weighted by molar-refractivity contribution is -0.0136. The fourth-order valence-corrected chi connectivity index (χ4v) is 4.41. The van der Waals surface area contributed by atoms with E-state index in [-0.39, 0.29) is 5.82 Å². The summed E-state index contributed by atoms with van der Waals surface area (Å²) in [6.07, 6.45) is 1.42. The van der Waals surface area contributed by atoms with Gasteiger partial charge in [0.1, 0.15) is 23.0 Å². The van der Waals surface area contributed by atoms with Crippen LogP contribution in [0.2, 0.25) is 0 Å². The Labute approximate surface area is 193 Å². The van der Waals surface area contributed by atoms with Gasteiger partial charge in [0.05, 0.1) is 25.3 Å². The van der Waals surface area contributed by atoms with Crippen LogP contribution in [0.25, 0.3) is 0 Å². The minimum absolute atomic E-state index is 0.292. The number of nitriles is 1. The molecule has 33 heavy (non-hydrogen) atoms. The quantitative estimate of drug-likeness (QED) is 0.402. The van der Waals surface area contributed by atoms with Crippen LogP contribution in [-0.2, 0) is 16.9 Å². The van der Waals surface area contributed by atoms with Gasteiger partial charge in [0.2, 0.25) is 0 Å². The largest absolute Gasteiger partial charge is 0.497 e. The van der Waals surface area contributed by atoms with Gasteiger partial charge < -0.3 is 14.4 Å². The Morgan fingerprint density at radius 3 is 2.55 bits per heavy atom. The smallest absolute Gasteiger partial charge is 0.127 e. The average molecular weight is 444 g/mol. The molecular formula is C27H26FN3O2. The SMILES string of the molecule is COc1ccc(C(=N)N(C)CCCC2(c3ccc(F)cc3)OCc3cc(C#N)ccc32)cc1. The number of amidine groups is 1. The number of halogens is 1. The highest BCUT2D eigenvalue weighted by molar-refractivity contribution is 5.96. The van der Waals surface area contributed by atoms with E-state index in [1.165, 1.54) is 12.1 Å². The van der Waals surface area contributed by atoms with Gasteiger partial charge in [-0.15, -0.1) is 0 Å². The molecule has 0 radical (unpaired) electrons. The van der Waals surface area contributed by atoms with E-state index in [9.17, 15) is 9.65 Å². The summed E-state index contributed by atoms with van der Waals surface area (Å²) in [5.41, 5.74) is 3.59. The van der Waals surface area contributed by atoms with Crippen molar-refractivity contribution in [1.29, 1.82) is 10.7 Å². The van der Waals surface area contributed by atoms with Crippen molar-refractivity contribution in [2.24, 2.45) is 0 Å². The van der Waals surface area contributed by atoms with Crippen LogP contribution in [-0.4, -0.2) is 31.4 Å². The minimum atomic E-state index is -0.708. The van der Waals surface area contributed by atoms with Crippen LogP contribution >= 0.6 is 0 Å². The first-order valence-electron chi connectivity index (χ1n) is 10.8. The van der Waals surface area contributed by atoms with Crippen molar-refractivity contribution in [3.05, 3.63) is 100 Å². The lowest BCUT2D eigenvalue weighted by Gasteiger charge is -2.31. The van der Waals surface area contributed by atoms with E-state index in [0.29, 0.717) is 31.0 Å². The molecule has 5 nitrogen and oxygen atoms in total. The fourth-order valence-electron chi connectivity index (χ4n) is 4.41. The first kappa shape index (κ1) is 22.5. The highest BCUT2D eigenvalue weighted by atomic mass is 19.1. The summed E-state index contributed by atoms with van der Waals surface area (Å²) in [5.74, 6) is 0.895. The molecule has 1 atom stereocenters. The number of hydrogen-bond acceptors (Lipinski definition) is 4. The van der Waals surface area contributed by atoms with Crippen molar-refractivity contribution in [3.63, 3.8) is 0 Å². The van der Waals surface area contributed by atoms with E-state index in [0.717, 1.165) is 34.4 Å². The van der Waals surface area contributed by atoms with Gasteiger partial charge in [-0.3, -0.25) is 5.41 Å². The second-order valence-electron chi connectivity index (χ2n) is 8.21. The van der Waals surface area contributed by atoms with Gasteiger partial charge in [0, 0.05) is 19.2 Å². The topological polar surface area (TPSA) is 69.3 Å². The molecule has 1 N–H and O–H groups in total. The zero-order valence-corrected chi connectivity index (χ0v) is 18.8. The van der Waals surface area contributed by atoms with Crippen molar-refractivity contribution in [1.82, 2.24) is 4.90 Å². The second-order valence-corrected chi connectivity index (χ2v) is 8.21. The summed E-state index contributed by atoms with van der Waals surface area (Å²) in [6.45, 7) is 1.06. The van der Waals surface area contributed by atoms with E-state index >= 15 is 0 Å². The molecule has 0 saturated heterocycles. The van der Waals surface area contributed by atoms with Gasteiger partial charge in [0.15, 0.2) is 0 Å². The third-order valence-electron chi connectivity index (χ3n) is 6.22. The monoisotopic (exact) mass is 443 g/mol. The number of hydrogen-bond donors (Lipinski definition) is 1. The van der Waals surface area contributed by atoms with E-state index < -0.39 is 5.60 Å². The fraction of sp³-hybridized carbons (Fsp3) is 0.259. The number of rotatable bonds is 7. The molecule has 3 aromatic carbocycles. The summed E-state index contributed by atoms with van der Waals surface area (Å²) in [4.78, 5) is 1.91. The molecule has 6 heteroatoms. The zero-order chi connectivity index (χ0) is 23.4. The summed E-state index contributed by atoms with van der Waals surface area (Å²) >= 11 is 0. The Morgan fingerprint density at radius 2 is 1.88 bits per heavy atom. The molecule has 168 valence electrons. The van der Waals surface area contributed by atoms with Crippen molar-refractivity contribution in [3.8, 4) is 11.8 Å². The number of methoxy groups -OCH3 is 1.